The van der Waals surface area contributed by atoms with Crippen LogP contribution in [0.1, 0.15) is 19.4 Å². The predicted octanol–water partition coefficient (Wildman–Crippen LogP) is 1.78. The molecule has 2 aliphatic heterocycles. The van der Waals surface area contributed by atoms with Crippen molar-refractivity contribution in [1.82, 2.24) is 29.1 Å². The molecule has 2 aliphatic rings. The van der Waals surface area contributed by atoms with Gasteiger partial charge in [-0.1, -0.05) is 36.9 Å². The average Bonchev–Trinajstić information content (AvgIpc) is 3.39. The Labute approximate surface area is 178 Å². The monoisotopic (exact) mass is 424 g/mol. The Kier molecular flexibility index (Phi) is 5.08. The molecule has 156 valence electrons. The Balaban J connectivity index is 1.41. The van der Waals surface area contributed by atoms with Gasteiger partial charge < -0.3 is 9.80 Å². The number of benzene rings is 1. The normalized spacial score (nSPS) is 19.4. The second-order valence-corrected chi connectivity index (χ2v) is 8.67. The van der Waals surface area contributed by atoms with E-state index in [9.17, 15) is 9.59 Å². The van der Waals surface area contributed by atoms with E-state index in [0.717, 1.165) is 38.4 Å². The minimum Gasteiger partial charge on any atom is -0.340 e. The molecule has 0 aliphatic carbocycles. The number of para-hydroxylation sites is 1. The van der Waals surface area contributed by atoms with Crippen molar-refractivity contribution in [3.05, 3.63) is 46.9 Å². The van der Waals surface area contributed by atoms with Gasteiger partial charge in [-0.15, -0.1) is 0 Å². The number of hydrogen-bond donors (Lipinski definition) is 0. The lowest BCUT2D eigenvalue weighted by atomic mass is 10.2. The largest absolute Gasteiger partial charge is 0.340 e. The Hall–Kier alpha value is -2.65. The van der Waals surface area contributed by atoms with E-state index in [2.05, 4.69) is 16.9 Å². The summed E-state index contributed by atoms with van der Waals surface area (Å²) in [6, 6.07) is 9.51. The molecule has 1 fully saturated rings. The van der Waals surface area contributed by atoms with Crippen LogP contribution < -0.4 is 5.56 Å². The molecule has 0 N–H and O–H groups in total. The molecular weight excluding hydrogens is 400 g/mol. The molecule has 1 atom stereocenters. The van der Waals surface area contributed by atoms with Gasteiger partial charge in [-0.25, -0.2) is 9.67 Å². The van der Waals surface area contributed by atoms with E-state index in [1.807, 2.05) is 35.2 Å². The van der Waals surface area contributed by atoms with Crippen molar-refractivity contribution in [2.45, 2.75) is 24.5 Å². The number of carbonyl (C=O) groups is 1. The summed E-state index contributed by atoms with van der Waals surface area (Å²) in [5.41, 5.74) is 1.31. The fourth-order valence-electron chi connectivity index (χ4n) is 4.18. The van der Waals surface area contributed by atoms with Gasteiger partial charge in [0.1, 0.15) is 5.39 Å². The van der Waals surface area contributed by atoms with Crippen LogP contribution in [0.4, 0.5) is 0 Å². The van der Waals surface area contributed by atoms with Crippen molar-refractivity contribution in [3.8, 4) is 5.69 Å². The van der Waals surface area contributed by atoms with Gasteiger partial charge in [-0.05, 0) is 18.7 Å². The molecule has 0 spiro atoms. The lowest BCUT2D eigenvalue weighted by molar-refractivity contribution is -0.133. The highest BCUT2D eigenvalue weighted by atomic mass is 32.2. The Morgan fingerprint density at radius 2 is 1.93 bits per heavy atom. The summed E-state index contributed by atoms with van der Waals surface area (Å²) >= 11 is 1.54. The van der Waals surface area contributed by atoms with E-state index in [0.29, 0.717) is 28.4 Å². The van der Waals surface area contributed by atoms with Crippen LogP contribution in [0.3, 0.4) is 0 Å². The molecule has 0 radical (unpaired) electrons. The lowest BCUT2D eigenvalue weighted by Crippen LogP contribution is -2.49. The topological polar surface area (TPSA) is 76.3 Å². The van der Waals surface area contributed by atoms with Gasteiger partial charge in [0, 0.05) is 38.4 Å². The van der Waals surface area contributed by atoms with E-state index in [1.54, 1.807) is 15.4 Å². The molecule has 1 unspecified atom stereocenters. The maximum absolute atomic E-state index is 13.2. The van der Waals surface area contributed by atoms with Crippen molar-refractivity contribution in [1.29, 1.82) is 0 Å². The van der Waals surface area contributed by atoms with Crippen molar-refractivity contribution < 1.29 is 4.79 Å². The van der Waals surface area contributed by atoms with E-state index in [1.165, 1.54) is 11.8 Å². The maximum Gasteiger partial charge on any atom is 0.265 e. The molecule has 2 aromatic heterocycles. The van der Waals surface area contributed by atoms with Gasteiger partial charge in [0.2, 0.25) is 5.91 Å². The molecule has 4 heterocycles. The van der Waals surface area contributed by atoms with Crippen molar-refractivity contribution in [3.63, 3.8) is 0 Å². The van der Waals surface area contributed by atoms with Crippen molar-refractivity contribution in [2.24, 2.45) is 0 Å². The fourth-order valence-corrected chi connectivity index (χ4v) is 5.31. The Morgan fingerprint density at radius 1 is 1.17 bits per heavy atom. The number of rotatable bonds is 4. The second-order valence-electron chi connectivity index (χ2n) is 7.68. The smallest absolute Gasteiger partial charge is 0.265 e. The number of hydrogen-bond acceptors (Lipinski definition) is 6. The number of likely N-dealkylation sites (N-methyl/N-ethyl adjacent to an activating group) is 1. The summed E-state index contributed by atoms with van der Waals surface area (Å²) in [5.74, 6) is 0.810. The van der Waals surface area contributed by atoms with Crippen LogP contribution in [0.25, 0.3) is 16.7 Å². The summed E-state index contributed by atoms with van der Waals surface area (Å²) in [6.45, 7) is 6.51. The third kappa shape index (κ3) is 3.31. The summed E-state index contributed by atoms with van der Waals surface area (Å²) in [6.07, 6.45) is 1.92. The molecule has 3 aromatic rings. The van der Waals surface area contributed by atoms with Crippen LogP contribution in [0.2, 0.25) is 0 Å². The van der Waals surface area contributed by atoms with Gasteiger partial charge in [-0.2, -0.15) is 5.10 Å². The summed E-state index contributed by atoms with van der Waals surface area (Å²) < 4.78 is 3.40. The van der Waals surface area contributed by atoms with E-state index >= 15 is 0 Å². The third-order valence-electron chi connectivity index (χ3n) is 5.95. The van der Waals surface area contributed by atoms with Gasteiger partial charge >= 0.3 is 0 Å². The molecule has 1 aromatic carbocycles. The van der Waals surface area contributed by atoms with E-state index in [4.69, 9.17) is 4.98 Å². The standard InChI is InChI=1S/C21H24N6O2S/c1-2-24-8-10-25(11-9-24)18(28)12-16-14-30-21-23-19-17(20(29)26(16)21)13-22-27(19)15-6-4-3-5-7-15/h3-7,13,16H,2,8-12,14H2,1H3. The first-order chi connectivity index (χ1) is 14.7. The second kappa shape index (κ2) is 7.88. The molecular formula is C21H24N6O2S. The van der Waals surface area contributed by atoms with Crippen LogP contribution >= 0.6 is 11.8 Å². The maximum atomic E-state index is 13.2. The molecule has 1 saturated heterocycles. The predicted molar refractivity (Wildman–Crippen MR) is 116 cm³/mol. The Bertz CT molecular complexity index is 1130. The molecule has 30 heavy (non-hydrogen) atoms. The zero-order chi connectivity index (χ0) is 20.7. The van der Waals surface area contributed by atoms with Crippen LogP contribution in [0, 0.1) is 0 Å². The zero-order valence-electron chi connectivity index (χ0n) is 16.9. The van der Waals surface area contributed by atoms with Gasteiger partial charge in [0.25, 0.3) is 5.56 Å². The van der Waals surface area contributed by atoms with E-state index < -0.39 is 0 Å². The first-order valence-electron chi connectivity index (χ1n) is 10.3. The molecule has 8 nitrogen and oxygen atoms in total. The van der Waals surface area contributed by atoms with Gasteiger partial charge in [0.05, 0.1) is 17.9 Å². The number of piperazine rings is 1. The summed E-state index contributed by atoms with van der Waals surface area (Å²) in [5, 5.41) is 5.54. The van der Waals surface area contributed by atoms with Crippen LogP contribution in [0.15, 0.2) is 46.5 Å². The fraction of sp³-hybridized carbons (Fsp3) is 0.429. The summed E-state index contributed by atoms with van der Waals surface area (Å²) in [7, 11) is 0. The zero-order valence-corrected chi connectivity index (χ0v) is 17.7. The van der Waals surface area contributed by atoms with E-state index in [-0.39, 0.29) is 17.5 Å². The average molecular weight is 425 g/mol. The number of thioether (sulfide) groups is 1. The van der Waals surface area contributed by atoms with Crippen molar-refractivity contribution >= 4 is 28.7 Å². The van der Waals surface area contributed by atoms with Crippen LogP contribution in [-0.2, 0) is 4.79 Å². The quantitative estimate of drug-likeness (QED) is 0.595. The molecule has 1 amide bonds. The lowest BCUT2D eigenvalue weighted by Gasteiger charge is -2.34. The Morgan fingerprint density at radius 3 is 2.67 bits per heavy atom. The van der Waals surface area contributed by atoms with Crippen LogP contribution in [0.5, 0.6) is 0 Å². The number of amides is 1. The number of fused-ring (bicyclic) bond motifs is 2. The summed E-state index contributed by atoms with van der Waals surface area (Å²) in [4.78, 5) is 35.1. The highest BCUT2D eigenvalue weighted by Crippen LogP contribution is 2.33. The SMILES string of the molecule is CCN1CCN(C(=O)CC2CSc3nc4c(cnn4-c4ccccc4)c(=O)n32)CC1. The number of nitrogens with zero attached hydrogens (tertiary/aromatic N) is 6. The van der Waals surface area contributed by atoms with Crippen LogP contribution in [-0.4, -0.2) is 73.5 Å². The number of aromatic nitrogens is 4. The van der Waals surface area contributed by atoms with Gasteiger partial charge in [-0.3, -0.25) is 14.2 Å². The van der Waals surface area contributed by atoms with Gasteiger partial charge in [0.15, 0.2) is 10.8 Å². The highest BCUT2D eigenvalue weighted by Gasteiger charge is 2.31. The van der Waals surface area contributed by atoms with Crippen molar-refractivity contribution in [2.75, 3.05) is 38.5 Å². The molecule has 5 rings (SSSR count). The molecule has 9 heteroatoms. The molecule has 0 bridgehead atoms. The third-order valence-corrected chi connectivity index (χ3v) is 7.05. The number of carbonyl (C=O) groups excluding carboxylic acids is 1. The first kappa shape index (κ1) is 19.3. The first-order valence-corrected chi connectivity index (χ1v) is 11.3. The highest BCUT2D eigenvalue weighted by molar-refractivity contribution is 7.99. The minimum absolute atomic E-state index is 0.115. The minimum atomic E-state index is -0.161. The molecule has 0 saturated carbocycles.